The van der Waals surface area contributed by atoms with Gasteiger partial charge in [-0.25, -0.2) is 4.79 Å². The molecule has 1 heterocycles. The molecule has 29 heavy (non-hydrogen) atoms. The van der Waals surface area contributed by atoms with Gasteiger partial charge in [-0.2, -0.15) is 0 Å². The maximum absolute atomic E-state index is 13.0. The van der Waals surface area contributed by atoms with Gasteiger partial charge >= 0.3 is 11.9 Å². The summed E-state index contributed by atoms with van der Waals surface area (Å²) in [7, 11) is 0. The highest BCUT2D eigenvalue weighted by molar-refractivity contribution is 7.17. The van der Waals surface area contributed by atoms with Gasteiger partial charge in [0.05, 0.1) is 12.2 Å². The van der Waals surface area contributed by atoms with Crippen molar-refractivity contribution >= 4 is 34.2 Å². The molecular weight excluding hydrogens is 390 g/mol. The van der Waals surface area contributed by atoms with Crippen LogP contribution in [0.25, 0.3) is 0 Å². The van der Waals surface area contributed by atoms with E-state index < -0.39 is 23.9 Å². The Hall–Kier alpha value is -2.67. The van der Waals surface area contributed by atoms with Crippen LogP contribution >= 0.6 is 11.3 Å². The Bertz CT molecular complexity index is 905. The second-order valence-corrected chi connectivity index (χ2v) is 8.27. The summed E-state index contributed by atoms with van der Waals surface area (Å²) in [6.07, 6.45) is 1.54. The van der Waals surface area contributed by atoms with E-state index in [1.165, 1.54) is 18.3 Å². The number of benzene rings is 1. The van der Waals surface area contributed by atoms with Crippen LogP contribution in [-0.2, 0) is 31.9 Å². The van der Waals surface area contributed by atoms with Crippen LogP contribution in [0.1, 0.15) is 59.7 Å². The molecule has 0 spiro atoms. The lowest BCUT2D eigenvalue weighted by Crippen LogP contribution is -2.25. The van der Waals surface area contributed by atoms with Gasteiger partial charge in [-0.3, -0.25) is 9.59 Å². The predicted molar refractivity (Wildman–Crippen MR) is 111 cm³/mol. The standard InChI is InChI=1S/C22H25NO5S/c1-4-27-22(26)18-16-11-10-13(2)12-17(16)29-21(18)23-20(25)19(28-14(3)24)15-8-6-5-7-9-15/h5-9,13,19H,4,10-12H2,1-3H3,(H,23,25)/t13-,19+/m0/s1. The van der Waals surface area contributed by atoms with Gasteiger partial charge in [0, 0.05) is 17.4 Å². The number of esters is 2. The van der Waals surface area contributed by atoms with Crippen molar-refractivity contribution in [2.45, 2.75) is 46.1 Å². The minimum absolute atomic E-state index is 0.257. The molecule has 1 N–H and O–H groups in total. The van der Waals surface area contributed by atoms with E-state index in [-0.39, 0.29) is 6.61 Å². The lowest BCUT2D eigenvalue weighted by atomic mass is 9.88. The number of carbonyl (C=O) groups excluding carboxylic acids is 3. The van der Waals surface area contributed by atoms with Gasteiger partial charge in [0.15, 0.2) is 0 Å². The van der Waals surface area contributed by atoms with E-state index in [9.17, 15) is 14.4 Å². The van der Waals surface area contributed by atoms with Crippen LogP contribution in [0.4, 0.5) is 5.00 Å². The number of rotatable bonds is 6. The summed E-state index contributed by atoms with van der Waals surface area (Å²) in [5.74, 6) is -0.959. The first kappa shape index (κ1) is 21.0. The summed E-state index contributed by atoms with van der Waals surface area (Å²) in [6, 6.07) is 8.81. The van der Waals surface area contributed by atoms with Crippen molar-refractivity contribution in [3.05, 3.63) is 51.9 Å². The largest absolute Gasteiger partial charge is 0.462 e. The van der Waals surface area contributed by atoms with Crippen LogP contribution in [0.15, 0.2) is 30.3 Å². The SMILES string of the molecule is CCOC(=O)c1c(NC(=O)[C@H](OC(C)=O)c2ccccc2)sc2c1CC[C@H](C)C2. The van der Waals surface area contributed by atoms with Gasteiger partial charge < -0.3 is 14.8 Å². The number of ether oxygens (including phenoxy) is 2. The molecule has 0 aliphatic heterocycles. The van der Waals surface area contributed by atoms with Gasteiger partial charge in [0.2, 0.25) is 6.10 Å². The zero-order chi connectivity index (χ0) is 21.0. The van der Waals surface area contributed by atoms with Gasteiger partial charge in [-0.05, 0) is 37.7 Å². The molecule has 154 valence electrons. The number of amides is 1. The van der Waals surface area contributed by atoms with Crippen molar-refractivity contribution in [2.24, 2.45) is 5.92 Å². The van der Waals surface area contributed by atoms with Crippen LogP contribution in [0, 0.1) is 5.92 Å². The second kappa shape index (κ2) is 9.22. The number of hydrogen-bond donors (Lipinski definition) is 1. The van der Waals surface area contributed by atoms with E-state index in [2.05, 4.69) is 12.2 Å². The maximum Gasteiger partial charge on any atom is 0.341 e. The van der Waals surface area contributed by atoms with Gasteiger partial charge in [0.1, 0.15) is 5.00 Å². The van der Waals surface area contributed by atoms with E-state index in [4.69, 9.17) is 9.47 Å². The van der Waals surface area contributed by atoms with Gasteiger partial charge in [-0.1, -0.05) is 37.3 Å². The summed E-state index contributed by atoms with van der Waals surface area (Å²) in [5.41, 5.74) is 1.96. The number of fused-ring (bicyclic) bond motifs is 1. The minimum atomic E-state index is -1.10. The zero-order valence-corrected chi connectivity index (χ0v) is 17.6. The topological polar surface area (TPSA) is 81.7 Å². The summed E-state index contributed by atoms with van der Waals surface area (Å²) < 4.78 is 10.5. The number of nitrogens with one attached hydrogen (secondary N) is 1. The average Bonchev–Trinajstić information content (AvgIpc) is 3.03. The van der Waals surface area contributed by atoms with Crippen molar-refractivity contribution < 1.29 is 23.9 Å². The van der Waals surface area contributed by atoms with Crippen LogP contribution < -0.4 is 5.32 Å². The fraction of sp³-hybridized carbons (Fsp3) is 0.409. The highest BCUT2D eigenvalue weighted by Gasteiger charge is 2.31. The first-order chi connectivity index (χ1) is 13.9. The first-order valence-electron chi connectivity index (χ1n) is 9.75. The normalized spacial score (nSPS) is 16.4. The Morgan fingerprint density at radius 2 is 1.97 bits per heavy atom. The molecule has 1 aliphatic carbocycles. The quantitative estimate of drug-likeness (QED) is 0.712. The second-order valence-electron chi connectivity index (χ2n) is 7.17. The maximum atomic E-state index is 13.0. The monoisotopic (exact) mass is 415 g/mol. The number of thiophene rings is 1. The molecule has 0 saturated carbocycles. The molecule has 0 radical (unpaired) electrons. The van der Waals surface area contributed by atoms with E-state index in [0.717, 1.165) is 29.7 Å². The van der Waals surface area contributed by atoms with Crippen molar-refractivity contribution in [2.75, 3.05) is 11.9 Å². The third kappa shape index (κ3) is 4.85. The highest BCUT2D eigenvalue weighted by Crippen LogP contribution is 2.40. The van der Waals surface area contributed by atoms with E-state index in [0.29, 0.717) is 22.0 Å². The fourth-order valence-electron chi connectivity index (χ4n) is 3.50. The van der Waals surface area contributed by atoms with Crippen molar-refractivity contribution in [1.29, 1.82) is 0 Å². The molecule has 1 aromatic carbocycles. The summed E-state index contributed by atoms with van der Waals surface area (Å²) in [5, 5.41) is 3.29. The summed E-state index contributed by atoms with van der Waals surface area (Å²) >= 11 is 1.41. The molecule has 1 aliphatic rings. The molecule has 0 unspecified atom stereocenters. The number of anilines is 1. The molecule has 7 heteroatoms. The predicted octanol–water partition coefficient (Wildman–Crippen LogP) is 4.29. The van der Waals surface area contributed by atoms with Crippen LogP contribution in [0.2, 0.25) is 0 Å². The third-order valence-corrected chi connectivity index (χ3v) is 6.02. The lowest BCUT2D eigenvalue weighted by molar-refractivity contribution is -0.152. The van der Waals surface area contributed by atoms with Crippen LogP contribution in [0.5, 0.6) is 0 Å². The first-order valence-corrected chi connectivity index (χ1v) is 10.6. The van der Waals surface area contributed by atoms with E-state index >= 15 is 0 Å². The van der Waals surface area contributed by atoms with Gasteiger partial charge in [-0.15, -0.1) is 11.3 Å². The number of carbonyl (C=O) groups is 3. The molecule has 2 atom stereocenters. The molecule has 0 fully saturated rings. The molecule has 1 aromatic heterocycles. The van der Waals surface area contributed by atoms with Gasteiger partial charge in [0.25, 0.3) is 5.91 Å². The van der Waals surface area contributed by atoms with Crippen molar-refractivity contribution in [3.8, 4) is 0 Å². The highest BCUT2D eigenvalue weighted by atomic mass is 32.1. The lowest BCUT2D eigenvalue weighted by Gasteiger charge is -2.18. The Balaban J connectivity index is 1.94. The smallest absolute Gasteiger partial charge is 0.341 e. The molecule has 1 amide bonds. The molecule has 2 aromatic rings. The Morgan fingerprint density at radius 1 is 1.24 bits per heavy atom. The molecular formula is C22H25NO5S. The Kier molecular flexibility index (Phi) is 6.69. The molecule has 6 nitrogen and oxygen atoms in total. The molecule has 0 saturated heterocycles. The average molecular weight is 416 g/mol. The minimum Gasteiger partial charge on any atom is -0.462 e. The van der Waals surface area contributed by atoms with Crippen molar-refractivity contribution in [3.63, 3.8) is 0 Å². The Labute approximate surface area is 174 Å². The van der Waals surface area contributed by atoms with E-state index in [1.807, 2.05) is 6.07 Å². The molecule has 3 rings (SSSR count). The van der Waals surface area contributed by atoms with E-state index in [1.54, 1.807) is 31.2 Å². The summed E-state index contributed by atoms with van der Waals surface area (Å²) in [6.45, 7) is 5.45. The fourth-order valence-corrected chi connectivity index (χ4v) is 4.90. The zero-order valence-electron chi connectivity index (χ0n) is 16.8. The van der Waals surface area contributed by atoms with Crippen LogP contribution in [-0.4, -0.2) is 24.5 Å². The summed E-state index contributed by atoms with van der Waals surface area (Å²) in [4.78, 5) is 38.3. The third-order valence-electron chi connectivity index (χ3n) is 4.85. The van der Waals surface area contributed by atoms with Crippen LogP contribution in [0.3, 0.4) is 0 Å². The number of hydrogen-bond acceptors (Lipinski definition) is 6. The Morgan fingerprint density at radius 3 is 2.62 bits per heavy atom. The molecule has 0 bridgehead atoms. The van der Waals surface area contributed by atoms with Crippen molar-refractivity contribution in [1.82, 2.24) is 0 Å².